The maximum Gasteiger partial charge on any atom is 0.0968 e. The van der Waals surface area contributed by atoms with Crippen molar-refractivity contribution in [1.29, 1.82) is 0 Å². The average molecular weight is 402 g/mol. The fourth-order valence-electron chi connectivity index (χ4n) is 2.25. The molecule has 1 aliphatic carbocycles. The summed E-state index contributed by atoms with van der Waals surface area (Å²) >= 11 is 0. The van der Waals surface area contributed by atoms with Crippen LogP contribution < -0.4 is 0 Å². The Morgan fingerprint density at radius 1 is 0.909 bits per heavy atom. The summed E-state index contributed by atoms with van der Waals surface area (Å²) in [6.07, 6.45) is 3.47. The summed E-state index contributed by atoms with van der Waals surface area (Å²) in [6.45, 7) is 0. The average Bonchev–Trinajstić information content (AvgIpc) is 2.48. The Kier molecular flexibility index (Phi) is 9.20. The molecule has 1 nitrogen and oxygen atoms in total. The molecule has 118 valence electrons. The molecular formula is C19H20OPPd-. The van der Waals surface area contributed by atoms with Crippen LogP contribution in [0.1, 0.15) is 22.8 Å². The first kappa shape index (κ1) is 20.8. The van der Waals surface area contributed by atoms with Crippen molar-refractivity contribution in [2.24, 2.45) is 5.92 Å². The molecule has 0 fully saturated rings. The van der Waals surface area contributed by atoms with Crippen LogP contribution in [0.2, 0.25) is 0 Å². The molecule has 0 amide bonds. The molecule has 0 spiro atoms. The summed E-state index contributed by atoms with van der Waals surface area (Å²) in [7, 11) is 0. The van der Waals surface area contributed by atoms with E-state index < -0.39 is 6.10 Å². The molecule has 0 radical (unpaired) electrons. The van der Waals surface area contributed by atoms with Crippen molar-refractivity contribution >= 4 is 16.0 Å². The van der Waals surface area contributed by atoms with E-state index in [1.807, 2.05) is 66.7 Å². The molecule has 2 aromatic rings. The molecule has 3 heteroatoms. The van der Waals surface area contributed by atoms with Gasteiger partial charge >= 0.3 is 0 Å². The van der Waals surface area contributed by atoms with Crippen molar-refractivity contribution < 1.29 is 25.5 Å². The summed E-state index contributed by atoms with van der Waals surface area (Å²) in [6, 6.07) is 17.7. The van der Waals surface area contributed by atoms with Gasteiger partial charge in [0.15, 0.2) is 0 Å². The minimum absolute atomic E-state index is 0. The van der Waals surface area contributed by atoms with E-state index in [0.29, 0.717) is 0 Å². The Morgan fingerprint density at radius 2 is 1.55 bits per heavy atom. The standard InChI is InChI=1S/C18H14O.CH3.H3P.Pd/c19-18-16(11-10-14-6-2-1-3-7-14)13-12-15-8-4-5-9-17(15)18;;;/h1-9,12-13,16,18-19H;2*1H3;/q;-1;;/t16-,18-;;;/m0.../s1. The van der Waals surface area contributed by atoms with Crippen LogP contribution in [-0.4, -0.2) is 5.11 Å². The van der Waals surface area contributed by atoms with Gasteiger partial charge in [-0.25, -0.2) is 0 Å². The van der Waals surface area contributed by atoms with Gasteiger partial charge in [0.05, 0.1) is 12.0 Å². The fraction of sp³-hybridized carbons (Fsp3) is 0.105. The predicted molar refractivity (Wildman–Crippen MR) is 94.8 cm³/mol. The van der Waals surface area contributed by atoms with Gasteiger partial charge in [-0.15, -0.1) is 0 Å². The summed E-state index contributed by atoms with van der Waals surface area (Å²) < 4.78 is 0. The van der Waals surface area contributed by atoms with Gasteiger partial charge < -0.3 is 12.5 Å². The minimum Gasteiger partial charge on any atom is -0.387 e. The van der Waals surface area contributed by atoms with Crippen LogP contribution in [0.25, 0.3) is 6.08 Å². The summed E-state index contributed by atoms with van der Waals surface area (Å²) in [4.78, 5) is 0. The molecule has 1 N–H and O–H groups in total. The van der Waals surface area contributed by atoms with Gasteiger partial charge in [0.2, 0.25) is 0 Å². The van der Waals surface area contributed by atoms with E-state index in [-0.39, 0.29) is 43.7 Å². The summed E-state index contributed by atoms with van der Waals surface area (Å²) in [5.41, 5.74) is 3.01. The second kappa shape index (κ2) is 9.74. The smallest absolute Gasteiger partial charge is 0.0968 e. The predicted octanol–water partition coefficient (Wildman–Crippen LogP) is 3.92. The molecule has 1 aliphatic rings. The molecule has 3 atom stereocenters. The quantitative estimate of drug-likeness (QED) is 0.307. The first-order valence-corrected chi connectivity index (χ1v) is 6.36. The van der Waals surface area contributed by atoms with Crippen molar-refractivity contribution in [3.8, 4) is 11.8 Å². The molecule has 0 aromatic heterocycles. The van der Waals surface area contributed by atoms with E-state index in [0.717, 1.165) is 16.7 Å². The van der Waals surface area contributed by atoms with Gasteiger partial charge in [0.1, 0.15) is 0 Å². The van der Waals surface area contributed by atoms with Gasteiger partial charge in [-0.2, -0.15) is 9.90 Å². The first-order chi connectivity index (χ1) is 9.34. The third-order valence-electron chi connectivity index (χ3n) is 3.29. The number of aliphatic hydroxyl groups excluding tert-OH is 1. The topological polar surface area (TPSA) is 20.2 Å². The van der Waals surface area contributed by atoms with E-state index >= 15 is 0 Å². The van der Waals surface area contributed by atoms with Crippen molar-refractivity contribution in [3.63, 3.8) is 0 Å². The normalized spacial score (nSPS) is 17.5. The molecule has 0 saturated carbocycles. The van der Waals surface area contributed by atoms with Crippen molar-refractivity contribution in [2.45, 2.75) is 6.10 Å². The monoisotopic (exact) mass is 401 g/mol. The van der Waals surface area contributed by atoms with E-state index in [2.05, 4.69) is 11.8 Å². The van der Waals surface area contributed by atoms with Crippen LogP contribution >= 0.6 is 9.90 Å². The van der Waals surface area contributed by atoms with Crippen LogP contribution in [0, 0.1) is 25.2 Å². The number of fused-ring (bicyclic) bond motifs is 1. The molecule has 0 aliphatic heterocycles. The Hall–Kier alpha value is -1.21. The Balaban J connectivity index is 0.00000147. The molecule has 1 unspecified atom stereocenters. The number of benzene rings is 2. The van der Waals surface area contributed by atoms with Crippen LogP contribution in [0.3, 0.4) is 0 Å². The maximum atomic E-state index is 10.3. The third-order valence-corrected chi connectivity index (χ3v) is 3.29. The van der Waals surface area contributed by atoms with E-state index in [9.17, 15) is 5.11 Å². The van der Waals surface area contributed by atoms with E-state index in [1.165, 1.54) is 0 Å². The van der Waals surface area contributed by atoms with Crippen molar-refractivity contribution in [3.05, 3.63) is 84.8 Å². The molecule has 0 heterocycles. The summed E-state index contributed by atoms with van der Waals surface area (Å²) in [5.74, 6) is 6.11. The van der Waals surface area contributed by atoms with Crippen molar-refractivity contribution in [2.75, 3.05) is 0 Å². The third kappa shape index (κ3) is 4.64. The van der Waals surface area contributed by atoms with Crippen LogP contribution in [-0.2, 0) is 20.4 Å². The minimum atomic E-state index is -0.544. The number of hydrogen-bond acceptors (Lipinski definition) is 1. The van der Waals surface area contributed by atoms with Crippen molar-refractivity contribution in [1.82, 2.24) is 0 Å². The molecule has 2 aromatic carbocycles. The molecular weight excluding hydrogens is 382 g/mol. The van der Waals surface area contributed by atoms with Gasteiger partial charge in [-0.05, 0) is 23.3 Å². The van der Waals surface area contributed by atoms with Gasteiger partial charge in [0, 0.05) is 26.0 Å². The molecule has 0 saturated heterocycles. The van der Waals surface area contributed by atoms with Crippen LogP contribution in [0.4, 0.5) is 0 Å². The Morgan fingerprint density at radius 3 is 2.27 bits per heavy atom. The van der Waals surface area contributed by atoms with E-state index in [1.54, 1.807) is 0 Å². The summed E-state index contributed by atoms with van der Waals surface area (Å²) in [5, 5.41) is 10.3. The van der Waals surface area contributed by atoms with Crippen LogP contribution in [0.5, 0.6) is 0 Å². The SMILES string of the molecule is O[C@@H]1c2ccccc2C=C[C@@H]1C#Cc1ccccc1.P.[CH3-].[Pd]. The second-order valence-corrected chi connectivity index (χ2v) is 4.59. The molecule has 22 heavy (non-hydrogen) atoms. The molecule has 0 bridgehead atoms. The van der Waals surface area contributed by atoms with Gasteiger partial charge in [-0.3, -0.25) is 0 Å². The largest absolute Gasteiger partial charge is 0.387 e. The maximum absolute atomic E-state index is 10.3. The van der Waals surface area contributed by atoms with E-state index in [4.69, 9.17) is 0 Å². The molecule has 3 rings (SSSR count). The number of rotatable bonds is 0. The second-order valence-electron chi connectivity index (χ2n) is 4.59. The zero-order chi connectivity index (χ0) is 13.1. The zero-order valence-corrected chi connectivity index (χ0v) is 15.4. The first-order valence-electron chi connectivity index (χ1n) is 6.36. The number of hydrogen-bond donors (Lipinski definition) is 1. The van der Waals surface area contributed by atoms with Gasteiger partial charge in [-0.1, -0.05) is 66.5 Å². The van der Waals surface area contributed by atoms with Gasteiger partial charge in [0.25, 0.3) is 0 Å². The Labute approximate surface area is 150 Å². The van der Waals surface area contributed by atoms with Crippen LogP contribution in [0.15, 0.2) is 60.7 Å². The zero-order valence-electron chi connectivity index (χ0n) is 12.5. The fourth-order valence-corrected chi connectivity index (χ4v) is 2.25. The Bertz CT molecular complexity index is 671. The number of aliphatic hydroxyl groups is 1.